The Labute approximate surface area is 131 Å². The SMILES string of the molecule is C[C@@H](C(=O)NC1CCCC1)[NH+](C)Cc1ccc2c(c1)OCO2. The molecule has 0 aromatic heterocycles. The molecular formula is C17H25N2O3+. The number of nitrogens with one attached hydrogen (secondary N) is 2. The summed E-state index contributed by atoms with van der Waals surface area (Å²) in [4.78, 5) is 13.5. The molecule has 0 saturated heterocycles. The average Bonchev–Trinajstić information content (AvgIpc) is 3.16. The summed E-state index contributed by atoms with van der Waals surface area (Å²) < 4.78 is 10.7. The van der Waals surface area contributed by atoms with Gasteiger partial charge in [-0.05, 0) is 38.0 Å². The van der Waals surface area contributed by atoms with Crippen LogP contribution in [0.4, 0.5) is 0 Å². The van der Waals surface area contributed by atoms with Crippen LogP contribution in [0.25, 0.3) is 0 Å². The van der Waals surface area contributed by atoms with Crippen LogP contribution in [-0.2, 0) is 11.3 Å². The zero-order valence-corrected chi connectivity index (χ0v) is 13.4. The molecule has 0 bridgehead atoms. The second kappa shape index (κ2) is 6.57. The highest BCUT2D eigenvalue weighted by atomic mass is 16.7. The molecule has 1 aromatic rings. The van der Waals surface area contributed by atoms with Gasteiger partial charge in [0.2, 0.25) is 6.79 Å². The Bertz CT molecular complexity index is 541. The van der Waals surface area contributed by atoms with E-state index in [9.17, 15) is 4.79 Å². The number of benzene rings is 1. The average molecular weight is 305 g/mol. The summed E-state index contributed by atoms with van der Waals surface area (Å²) in [6, 6.07) is 6.31. The molecule has 1 unspecified atom stereocenters. The predicted octanol–water partition coefficient (Wildman–Crippen LogP) is 0.877. The monoisotopic (exact) mass is 305 g/mol. The molecular weight excluding hydrogens is 280 g/mol. The normalized spacial score (nSPS) is 19.9. The van der Waals surface area contributed by atoms with E-state index >= 15 is 0 Å². The second-order valence-electron chi connectivity index (χ2n) is 6.42. The van der Waals surface area contributed by atoms with Gasteiger partial charge in [0, 0.05) is 11.6 Å². The predicted molar refractivity (Wildman–Crippen MR) is 83.0 cm³/mol. The van der Waals surface area contributed by atoms with Crippen LogP contribution in [0.15, 0.2) is 18.2 Å². The number of rotatable bonds is 5. The number of hydrogen-bond donors (Lipinski definition) is 2. The summed E-state index contributed by atoms with van der Waals surface area (Å²) in [5.74, 6) is 1.76. The van der Waals surface area contributed by atoms with E-state index in [1.54, 1.807) is 0 Å². The standard InChI is InChI=1S/C17H24N2O3/c1-12(17(20)18-14-5-3-4-6-14)19(2)10-13-7-8-15-16(9-13)22-11-21-15/h7-9,12,14H,3-6,10-11H2,1-2H3,(H,18,20)/p+1/t12-/m0/s1. The van der Waals surface area contributed by atoms with E-state index in [-0.39, 0.29) is 11.9 Å². The molecule has 1 fully saturated rings. The van der Waals surface area contributed by atoms with E-state index in [1.807, 2.05) is 25.1 Å². The highest BCUT2D eigenvalue weighted by Crippen LogP contribution is 2.32. The van der Waals surface area contributed by atoms with Gasteiger partial charge in [0.1, 0.15) is 6.54 Å². The van der Waals surface area contributed by atoms with Crippen molar-refractivity contribution in [1.82, 2.24) is 5.32 Å². The third-order valence-corrected chi connectivity index (χ3v) is 4.75. The number of carbonyl (C=O) groups is 1. The highest BCUT2D eigenvalue weighted by Gasteiger charge is 2.26. The number of ether oxygens (including phenoxy) is 2. The van der Waals surface area contributed by atoms with Crippen molar-refractivity contribution >= 4 is 5.91 Å². The van der Waals surface area contributed by atoms with E-state index in [2.05, 4.69) is 12.4 Å². The molecule has 2 atom stereocenters. The molecule has 2 aliphatic rings. The third-order valence-electron chi connectivity index (χ3n) is 4.75. The van der Waals surface area contributed by atoms with Crippen molar-refractivity contribution < 1.29 is 19.2 Å². The molecule has 0 radical (unpaired) electrons. The molecule has 1 aromatic carbocycles. The fourth-order valence-electron chi connectivity index (χ4n) is 3.15. The number of quaternary nitrogens is 1. The first-order valence-corrected chi connectivity index (χ1v) is 8.14. The molecule has 5 nitrogen and oxygen atoms in total. The largest absolute Gasteiger partial charge is 0.454 e. The quantitative estimate of drug-likeness (QED) is 0.849. The van der Waals surface area contributed by atoms with Crippen molar-refractivity contribution in [1.29, 1.82) is 0 Å². The first-order valence-electron chi connectivity index (χ1n) is 8.14. The van der Waals surface area contributed by atoms with Crippen molar-refractivity contribution in [2.45, 2.75) is 51.2 Å². The summed E-state index contributed by atoms with van der Waals surface area (Å²) >= 11 is 0. The van der Waals surface area contributed by atoms with Gasteiger partial charge >= 0.3 is 0 Å². The van der Waals surface area contributed by atoms with Gasteiger partial charge in [-0.25, -0.2) is 0 Å². The summed E-state index contributed by atoms with van der Waals surface area (Å²) in [5, 5.41) is 3.18. The molecule has 1 aliphatic heterocycles. The van der Waals surface area contributed by atoms with E-state index in [1.165, 1.54) is 17.7 Å². The van der Waals surface area contributed by atoms with Crippen molar-refractivity contribution in [2.75, 3.05) is 13.8 Å². The number of likely N-dealkylation sites (N-methyl/N-ethyl adjacent to an activating group) is 1. The third kappa shape index (κ3) is 3.35. The van der Waals surface area contributed by atoms with Gasteiger partial charge in [-0.3, -0.25) is 4.79 Å². The number of carbonyl (C=O) groups excluding carboxylic acids is 1. The number of amides is 1. The van der Waals surface area contributed by atoms with E-state index in [4.69, 9.17) is 9.47 Å². The molecule has 1 saturated carbocycles. The fraction of sp³-hybridized carbons (Fsp3) is 0.588. The first kappa shape index (κ1) is 15.2. The van der Waals surface area contributed by atoms with Gasteiger partial charge in [0.15, 0.2) is 17.5 Å². The Kier molecular flexibility index (Phi) is 4.52. The molecule has 5 heteroatoms. The number of hydrogen-bond acceptors (Lipinski definition) is 3. The van der Waals surface area contributed by atoms with Crippen LogP contribution >= 0.6 is 0 Å². The van der Waals surface area contributed by atoms with Crippen LogP contribution in [0.1, 0.15) is 38.2 Å². The van der Waals surface area contributed by atoms with E-state index in [0.29, 0.717) is 12.8 Å². The van der Waals surface area contributed by atoms with E-state index < -0.39 is 0 Å². The van der Waals surface area contributed by atoms with Crippen LogP contribution in [0.2, 0.25) is 0 Å². The number of fused-ring (bicyclic) bond motifs is 1. The van der Waals surface area contributed by atoms with Gasteiger partial charge in [0.05, 0.1) is 7.05 Å². The van der Waals surface area contributed by atoms with Crippen molar-refractivity contribution in [2.24, 2.45) is 0 Å². The second-order valence-corrected chi connectivity index (χ2v) is 6.42. The van der Waals surface area contributed by atoms with Crippen molar-refractivity contribution in [3.05, 3.63) is 23.8 Å². The lowest BCUT2D eigenvalue weighted by atomic mass is 10.1. The van der Waals surface area contributed by atoms with Crippen molar-refractivity contribution in [3.8, 4) is 11.5 Å². The Hall–Kier alpha value is -1.75. The Morgan fingerprint density at radius 1 is 1.32 bits per heavy atom. The van der Waals surface area contributed by atoms with E-state index in [0.717, 1.165) is 36.4 Å². The smallest absolute Gasteiger partial charge is 0.278 e. The summed E-state index contributed by atoms with van der Waals surface area (Å²) in [6.45, 7) is 3.07. The molecule has 1 amide bonds. The van der Waals surface area contributed by atoms with Crippen LogP contribution < -0.4 is 19.7 Å². The Balaban J connectivity index is 1.56. The van der Waals surface area contributed by atoms with Crippen LogP contribution in [0.3, 0.4) is 0 Å². The molecule has 3 rings (SSSR count). The summed E-state index contributed by atoms with van der Waals surface area (Å²) in [5.41, 5.74) is 1.15. The summed E-state index contributed by atoms with van der Waals surface area (Å²) in [7, 11) is 2.06. The first-order chi connectivity index (χ1) is 10.6. The zero-order chi connectivity index (χ0) is 15.5. The lowest BCUT2D eigenvalue weighted by molar-refractivity contribution is -0.908. The maximum Gasteiger partial charge on any atom is 0.278 e. The molecule has 2 N–H and O–H groups in total. The molecule has 22 heavy (non-hydrogen) atoms. The minimum Gasteiger partial charge on any atom is -0.454 e. The van der Waals surface area contributed by atoms with Gasteiger partial charge in [0.25, 0.3) is 5.91 Å². The lowest BCUT2D eigenvalue weighted by Gasteiger charge is -2.23. The molecule has 0 spiro atoms. The fourth-order valence-corrected chi connectivity index (χ4v) is 3.15. The maximum absolute atomic E-state index is 12.3. The lowest BCUT2D eigenvalue weighted by Crippen LogP contribution is -3.12. The molecule has 1 aliphatic carbocycles. The Morgan fingerprint density at radius 3 is 2.82 bits per heavy atom. The van der Waals surface area contributed by atoms with Gasteiger partial charge in [-0.2, -0.15) is 0 Å². The van der Waals surface area contributed by atoms with Crippen LogP contribution in [-0.4, -0.2) is 31.8 Å². The van der Waals surface area contributed by atoms with Crippen molar-refractivity contribution in [3.63, 3.8) is 0 Å². The van der Waals surface area contributed by atoms with Gasteiger partial charge < -0.3 is 19.7 Å². The highest BCUT2D eigenvalue weighted by molar-refractivity contribution is 5.80. The maximum atomic E-state index is 12.3. The molecule has 120 valence electrons. The minimum atomic E-state index is -0.0639. The summed E-state index contributed by atoms with van der Waals surface area (Å²) in [6.07, 6.45) is 4.72. The zero-order valence-electron chi connectivity index (χ0n) is 13.4. The van der Waals surface area contributed by atoms with Gasteiger partial charge in [-0.15, -0.1) is 0 Å². The minimum absolute atomic E-state index is 0.0639. The molecule has 1 heterocycles. The Morgan fingerprint density at radius 2 is 2.05 bits per heavy atom. The van der Waals surface area contributed by atoms with Gasteiger partial charge in [-0.1, -0.05) is 12.8 Å². The topological polar surface area (TPSA) is 52.0 Å². The van der Waals surface area contributed by atoms with Crippen LogP contribution in [0, 0.1) is 0 Å². The van der Waals surface area contributed by atoms with Crippen LogP contribution in [0.5, 0.6) is 11.5 Å².